The maximum absolute atomic E-state index is 12.6. The third-order valence-corrected chi connectivity index (χ3v) is 6.20. The molecule has 1 aliphatic carbocycles. The van der Waals surface area contributed by atoms with E-state index in [1.165, 1.54) is 32.1 Å². The minimum absolute atomic E-state index is 0.00514. The number of aliphatic hydroxyl groups is 2. The van der Waals surface area contributed by atoms with Crippen LogP contribution in [0, 0.1) is 0 Å². The summed E-state index contributed by atoms with van der Waals surface area (Å²) in [6.07, 6.45) is 10.2. The van der Waals surface area contributed by atoms with Crippen molar-refractivity contribution in [3.63, 3.8) is 0 Å². The maximum atomic E-state index is 12.6. The van der Waals surface area contributed by atoms with E-state index < -0.39 is 23.1 Å². The SMILES string of the molecule is CCCCCCCCCCCC1=C(O)C(=O)C(Cc2c(Cl)cccc2Cl)=C(O)C1=O. The van der Waals surface area contributed by atoms with Crippen LogP contribution >= 0.6 is 23.2 Å². The number of unbranched alkanes of at least 4 members (excludes halogenated alkanes) is 8. The van der Waals surface area contributed by atoms with Gasteiger partial charge in [0.15, 0.2) is 11.5 Å². The van der Waals surface area contributed by atoms with Gasteiger partial charge in [-0.05, 0) is 30.5 Å². The second-order valence-electron chi connectivity index (χ2n) is 7.77. The second kappa shape index (κ2) is 12.2. The predicted octanol–water partition coefficient (Wildman–Crippen LogP) is 7.23. The number of Topliss-reactive ketones (excluding diaryl/α,β-unsaturated/α-hetero) is 2. The molecule has 0 radical (unpaired) electrons. The molecule has 2 rings (SSSR count). The van der Waals surface area contributed by atoms with Crippen molar-refractivity contribution in [2.24, 2.45) is 0 Å². The second-order valence-corrected chi connectivity index (χ2v) is 8.58. The lowest BCUT2D eigenvalue weighted by molar-refractivity contribution is -0.120. The minimum atomic E-state index is -0.742. The fourth-order valence-corrected chi connectivity index (χ4v) is 4.19. The Labute approximate surface area is 188 Å². The monoisotopic (exact) mass is 452 g/mol. The third kappa shape index (κ3) is 6.36. The summed E-state index contributed by atoms with van der Waals surface area (Å²) in [6, 6.07) is 4.89. The summed E-state index contributed by atoms with van der Waals surface area (Å²) >= 11 is 12.3. The van der Waals surface area contributed by atoms with Crippen molar-refractivity contribution in [2.45, 2.75) is 77.6 Å². The molecule has 0 atom stereocenters. The van der Waals surface area contributed by atoms with Crippen LogP contribution in [0.25, 0.3) is 0 Å². The van der Waals surface area contributed by atoms with Gasteiger partial charge in [-0.15, -0.1) is 0 Å². The van der Waals surface area contributed by atoms with E-state index in [2.05, 4.69) is 6.92 Å². The van der Waals surface area contributed by atoms with E-state index in [9.17, 15) is 19.8 Å². The van der Waals surface area contributed by atoms with Gasteiger partial charge in [0, 0.05) is 22.0 Å². The van der Waals surface area contributed by atoms with Gasteiger partial charge in [0.05, 0.1) is 5.57 Å². The number of carbonyl (C=O) groups is 2. The van der Waals surface area contributed by atoms with Gasteiger partial charge in [0.1, 0.15) is 0 Å². The summed E-state index contributed by atoms with van der Waals surface area (Å²) in [7, 11) is 0. The minimum Gasteiger partial charge on any atom is -0.504 e. The van der Waals surface area contributed by atoms with E-state index in [-0.39, 0.29) is 24.0 Å². The zero-order valence-electron chi connectivity index (χ0n) is 17.5. The summed E-state index contributed by atoms with van der Waals surface area (Å²) in [5.41, 5.74) is 0.247. The number of ketones is 2. The number of rotatable bonds is 12. The summed E-state index contributed by atoms with van der Waals surface area (Å²) in [6.45, 7) is 2.20. The van der Waals surface area contributed by atoms with Crippen LogP contribution in [0.15, 0.2) is 40.9 Å². The molecule has 164 valence electrons. The third-order valence-electron chi connectivity index (χ3n) is 5.50. The molecule has 0 unspecified atom stereocenters. The Bertz CT molecular complexity index is 819. The first-order valence-corrected chi connectivity index (χ1v) is 11.5. The van der Waals surface area contributed by atoms with Gasteiger partial charge >= 0.3 is 0 Å². The Morgan fingerprint density at radius 3 is 1.77 bits per heavy atom. The van der Waals surface area contributed by atoms with E-state index in [1.54, 1.807) is 18.2 Å². The molecule has 0 bridgehead atoms. The van der Waals surface area contributed by atoms with E-state index in [1.807, 2.05) is 0 Å². The highest BCUT2D eigenvalue weighted by Crippen LogP contribution is 2.32. The molecule has 0 heterocycles. The highest BCUT2D eigenvalue weighted by atomic mass is 35.5. The molecule has 2 N–H and O–H groups in total. The maximum Gasteiger partial charge on any atom is 0.227 e. The molecule has 1 aromatic carbocycles. The molecule has 1 aromatic rings. The summed E-state index contributed by atoms with van der Waals surface area (Å²) in [5, 5.41) is 21.3. The fraction of sp³-hybridized carbons (Fsp3) is 0.500. The topological polar surface area (TPSA) is 74.6 Å². The standard InChI is InChI=1S/C24H30Cl2O4/c1-2-3-4-5-6-7-8-9-10-12-16-21(27)23(29)18(24(30)22(16)28)15-17-19(25)13-11-14-20(17)26/h11,13-14,27,30H,2-10,12,15H2,1H3. The molecule has 0 saturated carbocycles. The average Bonchev–Trinajstić information content (AvgIpc) is 2.72. The lowest BCUT2D eigenvalue weighted by Crippen LogP contribution is -2.25. The normalized spacial score (nSPS) is 14.8. The Morgan fingerprint density at radius 1 is 0.733 bits per heavy atom. The lowest BCUT2D eigenvalue weighted by atomic mass is 9.87. The van der Waals surface area contributed by atoms with Crippen molar-refractivity contribution in [3.8, 4) is 0 Å². The Hall–Kier alpha value is -1.78. The molecule has 1 aliphatic rings. The number of benzene rings is 1. The Balaban J connectivity index is 1.93. The van der Waals surface area contributed by atoms with Crippen LogP contribution in [0.4, 0.5) is 0 Å². The molecule has 0 spiro atoms. The van der Waals surface area contributed by atoms with Gasteiger partial charge in [-0.1, -0.05) is 87.6 Å². The van der Waals surface area contributed by atoms with Crippen LogP contribution in [0.2, 0.25) is 10.0 Å². The van der Waals surface area contributed by atoms with Crippen LogP contribution < -0.4 is 0 Å². The van der Waals surface area contributed by atoms with E-state index in [4.69, 9.17) is 23.2 Å². The summed E-state index contributed by atoms with van der Waals surface area (Å²) < 4.78 is 0. The number of aliphatic hydroxyl groups excluding tert-OH is 2. The van der Waals surface area contributed by atoms with Crippen molar-refractivity contribution in [1.29, 1.82) is 0 Å². The van der Waals surface area contributed by atoms with Gasteiger partial charge in [-0.25, -0.2) is 0 Å². The van der Waals surface area contributed by atoms with Gasteiger partial charge in [0.2, 0.25) is 11.6 Å². The molecule has 0 fully saturated rings. The Morgan fingerprint density at radius 2 is 1.20 bits per heavy atom. The summed E-state index contributed by atoms with van der Waals surface area (Å²) in [4.78, 5) is 25.2. The van der Waals surface area contributed by atoms with E-state index in [0.29, 0.717) is 22.0 Å². The molecule has 0 amide bonds. The first kappa shape index (κ1) is 24.5. The molecule has 4 nitrogen and oxygen atoms in total. The number of halogens is 2. The zero-order valence-corrected chi connectivity index (χ0v) is 19.0. The van der Waals surface area contributed by atoms with Gasteiger partial charge in [-0.2, -0.15) is 0 Å². The predicted molar refractivity (Wildman–Crippen MR) is 121 cm³/mol. The first-order chi connectivity index (χ1) is 14.4. The molecule has 6 heteroatoms. The quantitative estimate of drug-likeness (QED) is 0.259. The van der Waals surface area contributed by atoms with Gasteiger partial charge in [-0.3, -0.25) is 9.59 Å². The molecule has 30 heavy (non-hydrogen) atoms. The highest BCUT2D eigenvalue weighted by Gasteiger charge is 2.34. The molecule has 0 aromatic heterocycles. The molecular weight excluding hydrogens is 423 g/mol. The van der Waals surface area contributed by atoms with Gasteiger partial charge in [0.25, 0.3) is 0 Å². The van der Waals surface area contributed by atoms with Crippen molar-refractivity contribution in [1.82, 2.24) is 0 Å². The van der Waals surface area contributed by atoms with Crippen LogP contribution in [-0.4, -0.2) is 21.8 Å². The van der Waals surface area contributed by atoms with Crippen LogP contribution in [0.1, 0.15) is 76.7 Å². The number of hydrogen-bond donors (Lipinski definition) is 2. The molecule has 0 aliphatic heterocycles. The van der Waals surface area contributed by atoms with E-state index >= 15 is 0 Å². The van der Waals surface area contributed by atoms with Crippen molar-refractivity contribution in [3.05, 3.63) is 56.5 Å². The highest BCUT2D eigenvalue weighted by molar-refractivity contribution is 6.36. The number of allylic oxidation sites excluding steroid dienone is 2. The largest absolute Gasteiger partial charge is 0.504 e. The smallest absolute Gasteiger partial charge is 0.227 e. The Kier molecular flexibility index (Phi) is 9.93. The molecule has 0 saturated heterocycles. The van der Waals surface area contributed by atoms with E-state index in [0.717, 1.165) is 19.3 Å². The van der Waals surface area contributed by atoms with Crippen LogP contribution in [-0.2, 0) is 16.0 Å². The van der Waals surface area contributed by atoms with Crippen molar-refractivity contribution in [2.75, 3.05) is 0 Å². The summed E-state index contributed by atoms with van der Waals surface area (Å²) in [5.74, 6) is -2.63. The van der Waals surface area contributed by atoms with Crippen molar-refractivity contribution >= 4 is 34.8 Å². The lowest BCUT2D eigenvalue weighted by Gasteiger charge is -2.18. The van der Waals surface area contributed by atoms with Gasteiger partial charge < -0.3 is 10.2 Å². The number of carbonyl (C=O) groups excluding carboxylic acids is 2. The fourth-order valence-electron chi connectivity index (χ4n) is 3.66. The van der Waals surface area contributed by atoms with Crippen LogP contribution in [0.5, 0.6) is 0 Å². The zero-order chi connectivity index (χ0) is 22.1. The average molecular weight is 453 g/mol. The molecular formula is C24H30Cl2O4. The van der Waals surface area contributed by atoms with Crippen molar-refractivity contribution < 1.29 is 19.8 Å². The number of hydrogen-bond acceptors (Lipinski definition) is 4. The van der Waals surface area contributed by atoms with Crippen LogP contribution in [0.3, 0.4) is 0 Å². The first-order valence-electron chi connectivity index (χ1n) is 10.7.